The largest absolute Gasteiger partial charge is 0.443 e. The fourth-order valence-electron chi connectivity index (χ4n) is 6.26. The molecule has 1 saturated carbocycles. The molecule has 6 rings (SSSR count). The summed E-state index contributed by atoms with van der Waals surface area (Å²) in [6.45, 7) is 6.84. The highest BCUT2D eigenvalue weighted by Gasteiger charge is 2.65. The second-order valence-electron chi connectivity index (χ2n) is 10.9. The van der Waals surface area contributed by atoms with E-state index in [2.05, 4.69) is 34.0 Å². The van der Waals surface area contributed by atoms with Gasteiger partial charge in [-0.1, -0.05) is 19.9 Å². The lowest BCUT2D eigenvalue weighted by Gasteiger charge is -2.37. The molecule has 0 saturated heterocycles. The Kier molecular flexibility index (Phi) is 5.30. The Balaban J connectivity index is 1.46. The van der Waals surface area contributed by atoms with Crippen molar-refractivity contribution >= 4 is 0 Å². The van der Waals surface area contributed by atoms with Crippen molar-refractivity contribution in [2.24, 2.45) is 5.41 Å². The van der Waals surface area contributed by atoms with Crippen LogP contribution in [0.1, 0.15) is 69.1 Å². The van der Waals surface area contributed by atoms with E-state index in [1.165, 1.54) is 44.5 Å². The maximum Gasteiger partial charge on any atom is 0.247 e. The number of nitrogens with zero attached hydrogens (tertiary/aromatic N) is 5. The molecule has 0 aliphatic heterocycles. The Morgan fingerprint density at radius 2 is 1.84 bits per heavy atom. The molecular weight excluding hydrogens is 495 g/mol. The summed E-state index contributed by atoms with van der Waals surface area (Å²) in [6.07, 6.45) is 4.39. The zero-order chi connectivity index (χ0) is 27.0. The third kappa shape index (κ3) is 3.22. The molecule has 1 N–H and O–H groups in total. The SMILES string of the molecule is CC(F)[C@](C)(O)c1coc(-c2cncc([C@@]34CC[C@@H](c5cc(-c6c(F)cccc6F)nnc53)C4(C)C)n2)n1. The lowest BCUT2D eigenvalue weighted by atomic mass is 9.66. The van der Waals surface area contributed by atoms with Gasteiger partial charge in [0.05, 0.1) is 34.3 Å². The van der Waals surface area contributed by atoms with Crippen LogP contribution in [0.3, 0.4) is 0 Å². The third-order valence-electron chi connectivity index (χ3n) is 8.69. The number of oxazole rings is 1. The zero-order valence-electron chi connectivity index (χ0n) is 21.3. The van der Waals surface area contributed by atoms with Gasteiger partial charge in [-0.15, -0.1) is 5.10 Å². The first-order valence-corrected chi connectivity index (χ1v) is 12.5. The van der Waals surface area contributed by atoms with Gasteiger partial charge in [-0.05, 0) is 61.8 Å². The van der Waals surface area contributed by atoms with E-state index in [1.807, 2.05) is 0 Å². The van der Waals surface area contributed by atoms with E-state index < -0.39 is 28.8 Å². The van der Waals surface area contributed by atoms with Crippen molar-refractivity contribution in [2.45, 2.75) is 63.6 Å². The van der Waals surface area contributed by atoms with Gasteiger partial charge in [0, 0.05) is 6.20 Å². The van der Waals surface area contributed by atoms with Crippen LogP contribution in [0.15, 0.2) is 47.3 Å². The van der Waals surface area contributed by atoms with Crippen molar-refractivity contribution in [3.05, 3.63) is 77.2 Å². The highest BCUT2D eigenvalue weighted by Crippen LogP contribution is 2.69. The molecule has 4 aromatic rings. The van der Waals surface area contributed by atoms with E-state index in [4.69, 9.17) is 9.40 Å². The Hall–Kier alpha value is -3.66. The predicted molar refractivity (Wildman–Crippen MR) is 132 cm³/mol. The van der Waals surface area contributed by atoms with Gasteiger partial charge in [0.2, 0.25) is 5.89 Å². The second kappa shape index (κ2) is 8.17. The van der Waals surface area contributed by atoms with Gasteiger partial charge in [0.25, 0.3) is 0 Å². The molecule has 0 radical (unpaired) electrons. The summed E-state index contributed by atoms with van der Waals surface area (Å²) in [5.74, 6) is -1.21. The minimum Gasteiger partial charge on any atom is -0.443 e. The van der Waals surface area contributed by atoms with Crippen molar-refractivity contribution in [3.63, 3.8) is 0 Å². The summed E-state index contributed by atoms with van der Waals surface area (Å²) in [5.41, 5.74) is -0.220. The lowest BCUT2D eigenvalue weighted by molar-refractivity contribution is -0.0196. The maximum atomic E-state index is 14.5. The van der Waals surface area contributed by atoms with Crippen LogP contribution in [0.5, 0.6) is 0 Å². The monoisotopic (exact) mass is 521 g/mol. The molecule has 1 unspecified atom stereocenters. The fraction of sp³-hybridized carbons (Fsp3) is 0.393. The Labute approximate surface area is 217 Å². The van der Waals surface area contributed by atoms with E-state index >= 15 is 0 Å². The number of halogens is 3. The van der Waals surface area contributed by atoms with Crippen molar-refractivity contribution in [1.29, 1.82) is 0 Å². The summed E-state index contributed by atoms with van der Waals surface area (Å²) in [6, 6.07) is 5.47. The second-order valence-corrected chi connectivity index (χ2v) is 10.9. The number of hydrogen-bond acceptors (Lipinski definition) is 7. The number of hydrogen-bond donors (Lipinski definition) is 1. The molecule has 1 fully saturated rings. The Morgan fingerprint density at radius 1 is 1.11 bits per heavy atom. The van der Waals surface area contributed by atoms with Crippen LogP contribution in [0.2, 0.25) is 0 Å². The predicted octanol–water partition coefficient (Wildman–Crippen LogP) is 5.64. The standard InChI is InChI=1S/C28H26F3N5O2/c1-14(29)27(4,37)22-13-38-25(34-22)20-11-32-12-21(33-20)28-9-8-16(26(28,2)3)15-10-19(35-36-24(15)28)23-17(30)6-5-7-18(23)31/h5-7,10-14,16,37H,8-9H2,1-4H3/t14?,16-,27-,28-/m0/s1. The Morgan fingerprint density at radius 3 is 2.55 bits per heavy atom. The molecule has 2 aliphatic rings. The molecule has 2 bridgehead atoms. The minimum absolute atomic E-state index is 0.0547. The first kappa shape index (κ1) is 24.7. The van der Waals surface area contributed by atoms with Crippen molar-refractivity contribution in [3.8, 4) is 22.8 Å². The molecule has 196 valence electrons. The quantitative estimate of drug-likeness (QED) is 0.363. The zero-order valence-corrected chi connectivity index (χ0v) is 21.3. The van der Waals surface area contributed by atoms with E-state index in [1.54, 1.807) is 12.3 Å². The summed E-state index contributed by atoms with van der Waals surface area (Å²) in [7, 11) is 0. The van der Waals surface area contributed by atoms with Gasteiger partial charge >= 0.3 is 0 Å². The number of benzene rings is 1. The van der Waals surface area contributed by atoms with Gasteiger partial charge < -0.3 is 9.52 Å². The first-order chi connectivity index (χ1) is 18.0. The Bertz CT molecular complexity index is 1550. The molecule has 7 nitrogen and oxygen atoms in total. The molecule has 2 aliphatic carbocycles. The van der Waals surface area contributed by atoms with Crippen molar-refractivity contribution in [2.75, 3.05) is 0 Å². The van der Waals surface area contributed by atoms with E-state index in [0.717, 1.165) is 18.4 Å². The van der Waals surface area contributed by atoms with E-state index in [0.29, 0.717) is 17.1 Å². The van der Waals surface area contributed by atoms with Crippen LogP contribution >= 0.6 is 0 Å². The van der Waals surface area contributed by atoms with Crippen LogP contribution in [0.25, 0.3) is 22.8 Å². The third-order valence-corrected chi connectivity index (χ3v) is 8.69. The average Bonchev–Trinajstić information content (AvgIpc) is 3.53. The van der Waals surface area contributed by atoms with Gasteiger partial charge in [-0.25, -0.2) is 23.1 Å². The van der Waals surface area contributed by atoms with Crippen LogP contribution in [0.4, 0.5) is 13.2 Å². The molecule has 0 amide bonds. The topological polar surface area (TPSA) is 97.8 Å². The van der Waals surface area contributed by atoms with Gasteiger partial charge in [0.1, 0.15) is 41.1 Å². The van der Waals surface area contributed by atoms with Crippen LogP contribution in [0, 0.1) is 17.0 Å². The number of aromatic nitrogens is 5. The van der Waals surface area contributed by atoms with Crippen LogP contribution in [-0.4, -0.2) is 36.4 Å². The van der Waals surface area contributed by atoms with Crippen molar-refractivity contribution < 1.29 is 22.7 Å². The van der Waals surface area contributed by atoms with E-state index in [9.17, 15) is 18.3 Å². The lowest BCUT2D eigenvalue weighted by Crippen LogP contribution is -2.38. The van der Waals surface area contributed by atoms with Crippen LogP contribution < -0.4 is 0 Å². The molecular formula is C28H26F3N5O2. The average molecular weight is 522 g/mol. The van der Waals surface area contributed by atoms with Crippen LogP contribution in [-0.2, 0) is 11.0 Å². The number of alkyl halides is 1. The highest BCUT2D eigenvalue weighted by molar-refractivity contribution is 5.64. The van der Waals surface area contributed by atoms with Gasteiger partial charge in [-0.2, -0.15) is 5.10 Å². The van der Waals surface area contributed by atoms with Gasteiger partial charge in [-0.3, -0.25) is 4.98 Å². The molecule has 10 heteroatoms. The fourth-order valence-corrected chi connectivity index (χ4v) is 6.26. The molecule has 38 heavy (non-hydrogen) atoms. The smallest absolute Gasteiger partial charge is 0.247 e. The maximum absolute atomic E-state index is 14.5. The molecule has 0 spiro atoms. The number of fused-ring (bicyclic) bond motifs is 5. The van der Waals surface area contributed by atoms with E-state index in [-0.39, 0.29) is 34.2 Å². The number of rotatable bonds is 5. The minimum atomic E-state index is -1.82. The number of aliphatic hydroxyl groups is 1. The summed E-state index contributed by atoms with van der Waals surface area (Å²) >= 11 is 0. The first-order valence-electron chi connectivity index (χ1n) is 12.5. The molecule has 3 aromatic heterocycles. The summed E-state index contributed by atoms with van der Waals surface area (Å²) in [4.78, 5) is 13.5. The molecule has 3 heterocycles. The van der Waals surface area contributed by atoms with Crippen molar-refractivity contribution in [1.82, 2.24) is 25.1 Å². The summed E-state index contributed by atoms with van der Waals surface area (Å²) < 4.78 is 48.5. The molecule has 1 aromatic carbocycles. The highest BCUT2D eigenvalue weighted by atomic mass is 19.1. The molecule has 4 atom stereocenters. The normalized spacial score (nSPS) is 23.7. The van der Waals surface area contributed by atoms with Gasteiger partial charge in [0.15, 0.2) is 0 Å². The summed E-state index contributed by atoms with van der Waals surface area (Å²) in [5, 5.41) is 19.2.